The number of aliphatic hydroxyl groups is 3. The number of benzene rings is 3. The van der Waals surface area contributed by atoms with Gasteiger partial charge in [0.2, 0.25) is 0 Å². The second kappa shape index (κ2) is 17.7. The number of carbonyl (C=O) groups is 1. The smallest absolute Gasteiger partial charge is 0.165 e. The highest BCUT2D eigenvalue weighted by Crippen LogP contribution is 2.52. The quantitative estimate of drug-likeness (QED) is 0.0934. The molecule has 0 saturated heterocycles. The van der Waals surface area contributed by atoms with Crippen LogP contribution in [0.5, 0.6) is 28.7 Å². The first-order valence-corrected chi connectivity index (χ1v) is 17.7. The predicted molar refractivity (Wildman–Crippen MR) is 190 cm³/mol. The molecule has 5 unspecified atom stereocenters. The number of phenolic OH excluding ortho intramolecular Hbond substituents is 1. The molecule has 0 radical (unpaired) electrons. The molecule has 0 amide bonds. The fraction of sp³-hybridized carbons (Fsp3) is 0.525. The van der Waals surface area contributed by atoms with E-state index in [4.69, 9.17) is 18.9 Å². The van der Waals surface area contributed by atoms with Crippen LogP contribution in [-0.2, 0) is 0 Å². The molecule has 0 fully saturated rings. The van der Waals surface area contributed by atoms with Crippen molar-refractivity contribution >= 4 is 6.29 Å². The average Bonchev–Trinajstić information content (AvgIpc) is 3.50. The molecule has 0 spiro atoms. The molecule has 3 aromatic rings. The van der Waals surface area contributed by atoms with Crippen LogP contribution < -0.4 is 18.9 Å². The summed E-state index contributed by atoms with van der Waals surface area (Å²) in [4.78, 5) is 11.9. The summed E-state index contributed by atoms with van der Waals surface area (Å²) in [5.41, 5.74) is 3.88. The molecule has 0 bridgehead atoms. The van der Waals surface area contributed by atoms with E-state index in [-0.39, 0.29) is 35.5 Å². The number of rotatable bonds is 19. The highest BCUT2D eigenvalue weighted by atomic mass is 16.5. The van der Waals surface area contributed by atoms with Gasteiger partial charge in [-0.15, -0.1) is 0 Å². The monoisotopic (exact) mass is 678 g/mol. The number of carbonyl (C=O) groups excluding carboxylic acids is 1. The topological polar surface area (TPSA) is 135 Å². The molecular weight excluding hydrogens is 624 g/mol. The van der Waals surface area contributed by atoms with Crippen molar-refractivity contribution in [2.75, 3.05) is 27.4 Å². The number of hydrogen-bond acceptors (Lipinski definition) is 9. The van der Waals surface area contributed by atoms with E-state index >= 15 is 0 Å². The molecular formula is C40H54O9. The third-order valence-electron chi connectivity index (χ3n) is 9.83. The Morgan fingerprint density at radius 2 is 1.51 bits per heavy atom. The van der Waals surface area contributed by atoms with Crippen LogP contribution in [0.15, 0.2) is 42.5 Å². The molecule has 4 N–H and O–H groups in total. The van der Waals surface area contributed by atoms with Gasteiger partial charge in [-0.1, -0.05) is 59.1 Å². The number of aromatic hydroxyl groups is 1. The number of methoxy groups -OCH3 is 2. The van der Waals surface area contributed by atoms with Crippen molar-refractivity contribution in [2.45, 2.75) is 109 Å². The number of hydrogen-bond donors (Lipinski definition) is 4. The maximum absolute atomic E-state index is 11.9. The molecule has 9 nitrogen and oxygen atoms in total. The van der Waals surface area contributed by atoms with Crippen molar-refractivity contribution in [3.05, 3.63) is 75.8 Å². The van der Waals surface area contributed by atoms with Gasteiger partial charge in [-0.2, -0.15) is 0 Å². The first-order valence-electron chi connectivity index (χ1n) is 17.7. The average molecular weight is 679 g/mol. The summed E-state index contributed by atoms with van der Waals surface area (Å²) < 4.78 is 24.1. The molecule has 1 aliphatic rings. The number of ether oxygens (including phenoxy) is 4. The second-order valence-corrected chi connectivity index (χ2v) is 13.0. The van der Waals surface area contributed by atoms with Crippen molar-refractivity contribution in [1.29, 1.82) is 0 Å². The van der Waals surface area contributed by atoms with E-state index in [1.54, 1.807) is 25.3 Å². The van der Waals surface area contributed by atoms with Crippen LogP contribution >= 0.6 is 0 Å². The Bertz CT molecular complexity index is 1530. The van der Waals surface area contributed by atoms with E-state index in [0.29, 0.717) is 40.6 Å². The van der Waals surface area contributed by atoms with Gasteiger partial charge in [-0.05, 0) is 90.1 Å². The lowest BCUT2D eigenvalue weighted by atomic mass is 9.86. The Balaban J connectivity index is 1.64. The van der Waals surface area contributed by atoms with E-state index in [1.165, 1.54) is 18.7 Å². The first-order chi connectivity index (χ1) is 23.7. The van der Waals surface area contributed by atoms with Crippen LogP contribution in [0.1, 0.15) is 141 Å². The molecule has 5 atom stereocenters. The molecule has 0 aliphatic carbocycles. The maximum atomic E-state index is 11.9. The molecule has 268 valence electrons. The standard InChI is InChI=1S/C40H54O9/c1-7-11-24(10-4)27-17-31-32(22-42)39(49-40(31)35(20-27)47-6)26-14-15-33(34(19-26)46-5)48-36(23-43)38(45)28-16-29(21-41)37(44)30(18-28)25(12-8-2)13-9-3/h14-21,24-25,32,36,38-39,42-45H,7-13,22-23H2,1-6H3. The lowest BCUT2D eigenvalue weighted by Crippen LogP contribution is -2.29. The van der Waals surface area contributed by atoms with Crippen LogP contribution in [0.2, 0.25) is 0 Å². The van der Waals surface area contributed by atoms with E-state index < -0.39 is 24.9 Å². The highest BCUT2D eigenvalue weighted by Gasteiger charge is 2.39. The van der Waals surface area contributed by atoms with Crippen LogP contribution in [-0.4, -0.2) is 60.2 Å². The Morgan fingerprint density at radius 3 is 2.08 bits per heavy atom. The van der Waals surface area contributed by atoms with E-state index in [0.717, 1.165) is 56.1 Å². The summed E-state index contributed by atoms with van der Waals surface area (Å²) in [5, 5.41) is 43.3. The SMILES string of the molecule is CCCC(CC)c1cc(OC)c2c(c1)C(CO)C(c1ccc(OC(CO)C(O)c3cc(C=O)c(O)c(C(CCC)CCC)c3)c(OC)c1)O2. The van der Waals surface area contributed by atoms with E-state index in [1.807, 2.05) is 12.1 Å². The van der Waals surface area contributed by atoms with Gasteiger partial charge < -0.3 is 39.4 Å². The molecule has 49 heavy (non-hydrogen) atoms. The fourth-order valence-electron chi connectivity index (χ4n) is 7.22. The third-order valence-corrected chi connectivity index (χ3v) is 9.83. The van der Waals surface area contributed by atoms with E-state index in [9.17, 15) is 25.2 Å². The Morgan fingerprint density at radius 1 is 0.837 bits per heavy atom. The number of fused-ring (bicyclic) bond motifs is 1. The number of aldehydes is 1. The Hall–Kier alpha value is -3.79. The molecule has 3 aromatic carbocycles. The summed E-state index contributed by atoms with van der Waals surface area (Å²) in [5.74, 6) is 1.88. The van der Waals surface area contributed by atoms with E-state index in [2.05, 4.69) is 33.8 Å². The maximum Gasteiger partial charge on any atom is 0.165 e. The molecule has 0 saturated carbocycles. The summed E-state index contributed by atoms with van der Waals surface area (Å²) >= 11 is 0. The molecule has 0 aromatic heterocycles. The van der Waals surface area contributed by atoms with Crippen molar-refractivity contribution in [3.8, 4) is 28.7 Å². The zero-order valence-corrected chi connectivity index (χ0v) is 29.8. The summed E-state index contributed by atoms with van der Waals surface area (Å²) in [6.45, 7) is 7.83. The van der Waals surface area contributed by atoms with Crippen molar-refractivity contribution in [2.24, 2.45) is 0 Å². The van der Waals surface area contributed by atoms with Gasteiger partial charge in [0.15, 0.2) is 35.4 Å². The van der Waals surface area contributed by atoms with Gasteiger partial charge in [-0.3, -0.25) is 4.79 Å². The van der Waals surface area contributed by atoms with Crippen LogP contribution in [0, 0.1) is 0 Å². The minimum Gasteiger partial charge on any atom is -0.507 e. The van der Waals surface area contributed by atoms with Crippen LogP contribution in [0.25, 0.3) is 0 Å². The van der Waals surface area contributed by atoms with Crippen molar-refractivity contribution < 1.29 is 44.2 Å². The van der Waals surface area contributed by atoms with Crippen molar-refractivity contribution in [3.63, 3.8) is 0 Å². The Labute approximate surface area is 290 Å². The highest BCUT2D eigenvalue weighted by molar-refractivity contribution is 5.80. The van der Waals surface area contributed by atoms with Gasteiger partial charge in [0.05, 0.1) is 38.9 Å². The van der Waals surface area contributed by atoms with Crippen molar-refractivity contribution in [1.82, 2.24) is 0 Å². The number of aliphatic hydroxyl groups excluding tert-OH is 3. The van der Waals surface area contributed by atoms with Gasteiger partial charge in [0.25, 0.3) is 0 Å². The zero-order valence-electron chi connectivity index (χ0n) is 29.8. The Kier molecular flexibility index (Phi) is 13.8. The van der Waals surface area contributed by atoms with Crippen LogP contribution in [0.4, 0.5) is 0 Å². The molecule has 1 heterocycles. The molecule has 9 heteroatoms. The number of phenols is 1. The first kappa shape index (κ1) is 38.0. The third kappa shape index (κ3) is 8.17. The van der Waals surface area contributed by atoms with Crippen LogP contribution in [0.3, 0.4) is 0 Å². The fourth-order valence-corrected chi connectivity index (χ4v) is 7.22. The summed E-state index contributed by atoms with van der Waals surface area (Å²) in [6.07, 6.45) is 4.19. The van der Waals surface area contributed by atoms with Gasteiger partial charge in [0, 0.05) is 5.56 Å². The molecule has 4 rings (SSSR count). The summed E-state index contributed by atoms with van der Waals surface area (Å²) in [6, 6.07) is 12.6. The minimum atomic E-state index is -1.32. The second-order valence-electron chi connectivity index (χ2n) is 13.0. The van der Waals surface area contributed by atoms with Gasteiger partial charge in [0.1, 0.15) is 18.0 Å². The van der Waals surface area contributed by atoms with Gasteiger partial charge in [-0.25, -0.2) is 0 Å². The lowest BCUT2D eigenvalue weighted by Gasteiger charge is -2.26. The molecule has 1 aliphatic heterocycles. The van der Waals surface area contributed by atoms with Gasteiger partial charge >= 0.3 is 0 Å². The summed E-state index contributed by atoms with van der Waals surface area (Å²) in [7, 11) is 3.13. The predicted octanol–water partition coefficient (Wildman–Crippen LogP) is 7.88. The minimum absolute atomic E-state index is 0.0182. The normalized spacial score (nSPS) is 17.3. The lowest BCUT2D eigenvalue weighted by molar-refractivity contribution is -0.000533. The zero-order chi connectivity index (χ0) is 35.7. The largest absolute Gasteiger partial charge is 0.507 e.